The van der Waals surface area contributed by atoms with Crippen LogP contribution in [0, 0.1) is 0 Å². The second kappa shape index (κ2) is 12.5. The third-order valence-electron chi connectivity index (χ3n) is 10.5. The zero-order valence-electron chi connectivity index (χ0n) is 28.2. The summed E-state index contributed by atoms with van der Waals surface area (Å²) < 4.78 is 11.2. The monoisotopic (exact) mass is 668 g/mol. The van der Waals surface area contributed by atoms with Crippen molar-refractivity contribution in [1.29, 1.82) is 0 Å². The van der Waals surface area contributed by atoms with E-state index in [1.54, 1.807) is 12.4 Å². The highest BCUT2D eigenvalue weighted by Gasteiger charge is 2.22. The molecule has 246 valence electrons. The molecule has 4 nitrogen and oxygen atoms in total. The molecule has 0 bridgehead atoms. The van der Waals surface area contributed by atoms with Gasteiger partial charge in [0.05, 0.1) is 12.4 Å². The van der Waals surface area contributed by atoms with Gasteiger partial charge >= 0.3 is 0 Å². The molecule has 0 amide bonds. The maximum absolute atomic E-state index is 5.62. The first-order valence-electron chi connectivity index (χ1n) is 17.6. The van der Waals surface area contributed by atoms with Crippen molar-refractivity contribution in [3.63, 3.8) is 0 Å². The fraction of sp³-hybridized carbons (Fsp3) is 0.0417. The molecule has 9 aromatic rings. The molecule has 0 spiro atoms. The Kier molecular flexibility index (Phi) is 7.24. The number of fused-ring (bicyclic) bond motifs is 3. The minimum absolute atomic E-state index is 0.202. The SMILES string of the molecule is C1=CC(c2c3ccccc3c(-c3ccc(-c4cnco4)cc3)c3cc(-c4ccc(-c5cccc6ccccc56)cc4)ccc23)CC=C1c1cnco1. The Morgan fingerprint density at radius 1 is 0.500 bits per heavy atom. The third-order valence-corrected chi connectivity index (χ3v) is 10.5. The first-order chi connectivity index (χ1) is 25.8. The summed E-state index contributed by atoms with van der Waals surface area (Å²) in [6.07, 6.45) is 14.1. The summed E-state index contributed by atoms with van der Waals surface area (Å²) in [5.74, 6) is 1.75. The molecule has 1 aliphatic rings. The summed E-state index contributed by atoms with van der Waals surface area (Å²) in [5, 5.41) is 7.51. The van der Waals surface area contributed by atoms with Gasteiger partial charge in [0.2, 0.25) is 0 Å². The van der Waals surface area contributed by atoms with Gasteiger partial charge in [-0.1, -0.05) is 146 Å². The van der Waals surface area contributed by atoms with Gasteiger partial charge in [-0.15, -0.1) is 0 Å². The lowest BCUT2D eigenvalue weighted by Gasteiger charge is -2.23. The van der Waals surface area contributed by atoms with Crippen LogP contribution in [-0.2, 0) is 0 Å². The second-order valence-electron chi connectivity index (χ2n) is 13.4. The van der Waals surface area contributed by atoms with Crippen LogP contribution in [0.3, 0.4) is 0 Å². The number of allylic oxidation sites excluding steroid dienone is 4. The molecule has 0 saturated carbocycles. The van der Waals surface area contributed by atoms with E-state index in [0.29, 0.717) is 0 Å². The molecule has 0 radical (unpaired) electrons. The second-order valence-corrected chi connectivity index (χ2v) is 13.4. The predicted molar refractivity (Wildman–Crippen MR) is 212 cm³/mol. The molecule has 52 heavy (non-hydrogen) atoms. The first kappa shape index (κ1) is 30.1. The van der Waals surface area contributed by atoms with Gasteiger partial charge in [-0.3, -0.25) is 0 Å². The summed E-state index contributed by atoms with van der Waals surface area (Å²) >= 11 is 0. The molecule has 1 aliphatic carbocycles. The Morgan fingerprint density at radius 2 is 1.13 bits per heavy atom. The van der Waals surface area contributed by atoms with Crippen molar-refractivity contribution in [2.75, 3.05) is 0 Å². The molecule has 0 aliphatic heterocycles. The van der Waals surface area contributed by atoms with Crippen LogP contribution in [0.2, 0.25) is 0 Å². The van der Waals surface area contributed by atoms with Crippen molar-refractivity contribution in [2.24, 2.45) is 0 Å². The van der Waals surface area contributed by atoms with Crippen LogP contribution in [0.1, 0.15) is 23.7 Å². The van der Waals surface area contributed by atoms with Crippen molar-refractivity contribution in [1.82, 2.24) is 9.97 Å². The van der Waals surface area contributed by atoms with E-state index >= 15 is 0 Å². The zero-order chi connectivity index (χ0) is 34.4. The van der Waals surface area contributed by atoms with E-state index in [0.717, 1.165) is 34.6 Å². The lowest BCUT2D eigenvalue weighted by Crippen LogP contribution is -2.02. The summed E-state index contributed by atoms with van der Waals surface area (Å²) in [4.78, 5) is 8.25. The van der Waals surface area contributed by atoms with Crippen molar-refractivity contribution in [3.05, 3.63) is 188 Å². The summed E-state index contributed by atoms with van der Waals surface area (Å²) in [6.45, 7) is 0. The smallest absolute Gasteiger partial charge is 0.181 e. The predicted octanol–water partition coefficient (Wildman–Crippen LogP) is 12.9. The van der Waals surface area contributed by atoms with Crippen LogP contribution in [-0.4, -0.2) is 9.97 Å². The van der Waals surface area contributed by atoms with Crippen LogP contribution >= 0.6 is 0 Å². The Bertz CT molecular complexity index is 2790. The van der Waals surface area contributed by atoms with Crippen LogP contribution in [0.25, 0.3) is 82.6 Å². The Labute approximate surface area is 301 Å². The number of hydrogen-bond donors (Lipinski definition) is 0. The van der Waals surface area contributed by atoms with E-state index in [1.807, 2.05) is 0 Å². The van der Waals surface area contributed by atoms with Crippen molar-refractivity contribution in [2.45, 2.75) is 12.3 Å². The van der Waals surface area contributed by atoms with Gasteiger partial charge in [-0.05, 0) is 83.7 Å². The van der Waals surface area contributed by atoms with Crippen molar-refractivity contribution < 1.29 is 8.83 Å². The van der Waals surface area contributed by atoms with Gasteiger partial charge in [0.1, 0.15) is 0 Å². The molecule has 7 aromatic carbocycles. The maximum atomic E-state index is 5.62. The number of hydrogen-bond acceptors (Lipinski definition) is 4. The number of benzene rings is 7. The van der Waals surface area contributed by atoms with Crippen molar-refractivity contribution >= 4 is 37.9 Å². The van der Waals surface area contributed by atoms with Gasteiger partial charge < -0.3 is 8.83 Å². The van der Waals surface area contributed by atoms with Gasteiger partial charge in [0.15, 0.2) is 24.3 Å². The zero-order valence-corrected chi connectivity index (χ0v) is 28.2. The lowest BCUT2D eigenvalue weighted by atomic mass is 9.80. The minimum atomic E-state index is 0.202. The molecule has 10 rings (SSSR count). The summed E-state index contributed by atoms with van der Waals surface area (Å²) in [7, 11) is 0. The van der Waals surface area contributed by atoms with E-state index < -0.39 is 0 Å². The summed E-state index contributed by atoms with van der Waals surface area (Å²) in [5.41, 5.74) is 10.6. The molecule has 1 atom stereocenters. The first-order valence-corrected chi connectivity index (χ1v) is 17.6. The number of nitrogens with zero attached hydrogens (tertiary/aromatic N) is 2. The van der Waals surface area contributed by atoms with Gasteiger partial charge in [-0.2, -0.15) is 0 Å². The van der Waals surface area contributed by atoms with Crippen molar-refractivity contribution in [3.8, 4) is 44.7 Å². The molecule has 2 heterocycles. The molecule has 0 fully saturated rings. The number of rotatable bonds is 6. The normalized spacial score (nSPS) is 14.3. The Morgan fingerprint density at radius 3 is 1.88 bits per heavy atom. The molecule has 0 saturated heterocycles. The maximum Gasteiger partial charge on any atom is 0.181 e. The van der Waals surface area contributed by atoms with E-state index in [-0.39, 0.29) is 5.92 Å². The number of aromatic nitrogens is 2. The fourth-order valence-corrected chi connectivity index (χ4v) is 7.96. The molecular formula is C48H32N2O2. The Hall–Kier alpha value is -6.78. The highest BCUT2D eigenvalue weighted by atomic mass is 16.3. The fourth-order valence-electron chi connectivity index (χ4n) is 7.96. The molecule has 1 unspecified atom stereocenters. The van der Waals surface area contributed by atoms with E-state index in [1.165, 1.54) is 78.5 Å². The minimum Gasteiger partial charge on any atom is -0.444 e. The van der Waals surface area contributed by atoms with E-state index in [9.17, 15) is 0 Å². The number of oxazole rings is 2. The largest absolute Gasteiger partial charge is 0.444 e. The molecular weight excluding hydrogens is 637 g/mol. The van der Waals surface area contributed by atoms with E-state index in [2.05, 4.69) is 162 Å². The van der Waals surface area contributed by atoms with Gasteiger partial charge in [0, 0.05) is 17.1 Å². The molecule has 2 aromatic heterocycles. The van der Waals surface area contributed by atoms with E-state index in [4.69, 9.17) is 8.83 Å². The van der Waals surface area contributed by atoms with Crippen LogP contribution in [0.4, 0.5) is 0 Å². The standard InChI is InChI=1S/C48H32N2O2/c1-2-8-39-32(6-1)7-5-11-40(39)33-14-12-31(13-15-33)38-24-25-43-44(26-38)48(37-22-18-35(19-23-37)46-28-50-30-52-46)42-10-4-3-9-41(42)47(43)36-20-16-34(17-21-36)45-27-49-29-51-45/h1-20,22-30,36H,21H2. The lowest BCUT2D eigenvalue weighted by molar-refractivity contribution is 0.545. The highest BCUT2D eigenvalue weighted by molar-refractivity contribution is 6.16. The van der Waals surface area contributed by atoms with Crippen LogP contribution < -0.4 is 0 Å². The van der Waals surface area contributed by atoms with Gasteiger partial charge in [0.25, 0.3) is 0 Å². The molecule has 4 heteroatoms. The average molecular weight is 669 g/mol. The quantitative estimate of drug-likeness (QED) is 0.166. The van der Waals surface area contributed by atoms with Crippen LogP contribution in [0.15, 0.2) is 186 Å². The van der Waals surface area contributed by atoms with Crippen LogP contribution in [0.5, 0.6) is 0 Å². The Balaban J connectivity index is 1.14. The average Bonchev–Trinajstić information content (AvgIpc) is 3.96. The molecule has 0 N–H and O–H groups in total. The highest BCUT2D eigenvalue weighted by Crippen LogP contribution is 2.46. The third kappa shape index (κ3) is 5.16. The topological polar surface area (TPSA) is 52.1 Å². The van der Waals surface area contributed by atoms with Gasteiger partial charge in [-0.25, -0.2) is 9.97 Å². The summed E-state index contributed by atoms with van der Waals surface area (Å²) in [6, 6.07) is 48.7.